The third-order valence-electron chi connectivity index (χ3n) is 3.88. The number of amides is 3. The minimum atomic E-state index is -0.424. The average molecular weight is 393 g/mol. The van der Waals surface area contributed by atoms with Crippen molar-refractivity contribution in [2.75, 3.05) is 22.5 Å². The van der Waals surface area contributed by atoms with Gasteiger partial charge in [-0.1, -0.05) is 18.2 Å². The molecule has 1 aromatic heterocycles. The van der Waals surface area contributed by atoms with Gasteiger partial charge in [0.05, 0.1) is 11.3 Å². The summed E-state index contributed by atoms with van der Waals surface area (Å²) in [7, 11) is 0. The third kappa shape index (κ3) is 5.52. The number of carbonyl (C=O) groups is 2. The Morgan fingerprint density at radius 1 is 0.966 bits per heavy atom. The maximum atomic E-state index is 13.1. The average Bonchev–Trinajstić information content (AvgIpc) is 2.71. The molecule has 29 heavy (non-hydrogen) atoms. The number of anilines is 4. The van der Waals surface area contributed by atoms with E-state index < -0.39 is 17.8 Å². The summed E-state index contributed by atoms with van der Waals surface area (Å²) in [5.74, 6) is -0.531. The molecule has 0 aliphatic carbocycles. The van der Waals surface area contributed by atoms with Gasteiger partial charge >= 0.3 is 6.03 Å². The normalized spacial score (nSPS) is 10.1. The molecule has 0 bridgehead atoms. The third-order valence-corrected chi connectivity index (χ3v) is 3.88. The van der Waals surface area contributed by atoms with Crippen molar-refractivity contribution >= 4 is 34.8 Å². The second kappa shape index (κ2) is 9.32. The smallest absolute Gasteiger partial charge is 0.320 e. The fraction of sp³-hybridized carbons (Fsp3) is 0.0952. The summed E-state index contributed by atoms with van der Waals surface area (Å²) in [5.41, 5.74) is 1.93. The van der Waals surface area contributed by atoms with E-state index in [9.17, 15) is 14.0 Å². The molecule has 0 saturated heterocycles. The van der Waals surface area contributed by atoms with Gasteiger partial charge in [-0.3, -0.25) is 10.1 Å². The van der Waals surface area contributed by atoms with Gasteiger partial charge in [-0.15, -0.1) is 0 Å². The highest BCUT2D eigenvalue weighted by molar-refractivity contribution is 6.08. The summed E-state index contributed by atoms with van der Waals surface area (Å²) in [4.78, 5) is 28.7. The summed E-state index contributed by atoms with van der Waals surface area (Å²) in [5, 5.41) is 11.1. The molecule has 0 atom stereocenters. The Hall–Kier alpha value is -3.94. The van der Waals surface area contributed by atoms with E-state index in [0.29, 0.717) is 17.9 Å². The molecule has 0 spiro atoms. The zero-order valence-electron chi connectivity index (χ0n) is 15.7. The van der Waals surface area contributed by atoms with Gasteiger partial charge in [0.2, 0.25) is 0 Å². The van der Waals surface area contributed by atoms with E-state index in [1.165, 1.54) is 30.5 Å². The topological polar surface area (TPSA) is 95.2 Å². The molecule has 3 aromatic rings. The summed E-state index contributed by atoms with van der Waals surface area (Å²) >= 11 is 0. The predicted octanol–water partition coefficient (Wildman–Crippen LogP) is 4.36. The highest BCUT2D eigenvalue weighted by atomic mass is 19.1. The molecule has 0 saturated carbocycles. The Kier molecular flexibility index (Phi) is 6.36. The van der Waals surface area contributed by atoms with E-state index >= 15 is 0 Å². The lowest BCUT2D eigenvalue weighted by Gasteiger charge is -2.14. The van der Waals surface area contributed by atoms with E-state index in [1.54, 1.807) is 13.0 Å². The van der Waals surface area contributed by atoms with Crippen molar-refractivity contribution in [1.82, 2.24) is 10.3 Å². The molecule has 2 aromatic carbocycles. The van der Waals surface area contributed by atoms with E-state index in [4.69, 9.17) is 0 Å². The minimum absolute atomic E-state index is 0.264. The van der Waals surface area contributed by atoms with Crippen molar-refractivity contribution in [2.24, 2.45) is 0 Å². The quantitative estimate of drug-likeness (QED) is 0.500. The lowest BCUT2D eigenvalue weighted by atomic mass is 10.2. The van der Waals surface area contributed by atoms with Crippen LogP contribution in [0, 0.1) is 5.82 Å². The van der Waals surface area contributed by atoms with Crippen molar-refractivity contribution in [3.63, 3.8) is 0 Å². The summed E-state index contributed by atoms with van der Waals surface area (Å²) in [6.45, 7) is 2.28. The molecule has 148 valence electrons. The number of urea groups is 1. The molecule has 7 nitrogen and oxygen atoms in total. The van der Waals surface area contributed by atoms with Gasteiger partial charge in [0.15, 0.2) is 0 Å². The molecule has 0 fully saturated rings. The molecule has 0 aliphatic rings. The van der Waals surface area contributed by atoms with Crippen molar-refractivity contribution in [3.05, 3.63) is 78.2 Å². The lowest BCUT2D eigenvalue weighted by molar-refractivity contribution is 0.102. The second-order valence-corrected chi connectivity index (χ2v) is 6.05. The van der Waals surface area contributed by atoms with Gasteiger partial charge in [-0.25, -0.2) is 14.2 Å². The van der Waals surface area contributed by atoms with Gasteiger partial charge in [-0.05, 0) is 43.3 Å². The lowest BCUT2D eigenvalue weighted by Crippen LogP contribution is -2.28. The first-order valence-electron chi connectivity index (χ1n) is 8.99. The highest BCUT2D eigenvalue weighted by Gasteiger charge is 2.15. The summed E-state index contributed by atoms with van der Waals surface area (Å²) in [6, 6.07) is 15.9. The molecular formula is C21H20FN5O2. The van der Waals surface area contributed by atoms with Crippen LogP contribution in [0.5, 0.6) is 0 Å². The number of carbonyl (C=O) groups excluding carboxylic acids is 2. The first-order valence-corrected chi connectivity index (χ1v) is 8.99. The van der Waals surface area contributed by atoms with Crippen molar-refractivity contribution in [2.45, 2.75) is 6.92 Å². The maximum Gasteiger partial charge on any atom is 0.320 e. The van der Waals surface area contributed by atoms with Crippen molar-refractivity contribution in [1.29, 1.82) is 0 Å². The molecule has 3 amide bonds. The van der Waals surface area contributed by atoms with Crippen LogP contribution in [0.4, 0.5) is 32.1 Å². The van der Waals surface area contributed by atoms with E-state index in [1.807, 2.05) is 30.3 Å². The van der Waals surface area contributed by atoms with Gasteiger partial charge in [0.25, 0.3) is 5.91 Å². The monoisotopic (exact) mass is 393 g/mol. The zero-order chi connectivity index (χ0) is 20.6. The number of para-hydroxylation sites is 1. The SMILES string of the molecule is CCNC(=O)Nc1cc(Nc2ccccc2)c(C(=O)Nc2ccc(F)cc2)cn1. The van der Waals surface area contributed by atoms with E-state index in [0.717, 1.165) is 5.69 Å². The number of benzene rings is 2. The fourth-order valence-corrected chi connectivity index (χ4v) is 2.54. The van der Waals surface area contributed by atoms with E-state index in [-0.39, 0.29) is 11.4 Å². The number of halogens is 1. The largest absolute Gasteiger partial charge is 0.355 e. The number of pyridine rings is 1. The van der Waals surface area contributed by atoms with Gasteiger partial charge in [0.1, 0.15) is 11.6 Å². The molecule has 3 rings (SSSR count). The fourth-order valence-electron chi connectivity index (χ4n) is 2.54. The number of nitrogens with zero attached hydrogens (tertiary/aromatic N) is 1. The number of aromatic nitrogens is 1. The second-order valence-electron chi connectivity index (χ2n) is 6.05. The molecule has 1 heterocycles. The van der Waals surface area contributed by atoms with Crippen LogP contribution in [-0.2, 0) is 0 Å². The molecule has 8 heteroatoms. The number of hydrogen-bond acceptors (Lipinski definition) is 4. The molecule has 0 radical (unpaired) electrons. The molecule has 0 aliphatic heterocycles. The Balaban J connectivity index is 1.88. The standard InChI is InChI=1S/C21H20FN5O2/c1-2-23-21(29)27-19-12-18(25-15-6-4-3-5-7-15)17(13-24-19)20(28)26-16-10-8-14(22)9-11-16/h3-13H,2H2,1H3,(H,26,28)(H3,23,24,25,27,29). The first-order chi connectivity index (χ1) is 14.0. The van der Waals surface area contributed by atoms with Crippen LogP contribution in [0.1, 0.15) is 17.3 Å². The highest BCUT2D eigenvalue weighted by Crippen LogP contribution is 2.24. The molecular weight excluding hydrogens is 373 g/mol. The number of hydrogen-bond donors (Lipinski definition) is 4. The van der Waals surface area contributed by atoms with Crippen molar-refractivity contribution in [3.8, 4) is 0 Å². The maximum absolute atomic E-state index is 13.1. The number of rotatable bonds is 6. The molecule has 4 N–H and O–H groups in total. The number of nitrogens with one attached hydrogen (secondary N) is 4. The van der Waals surface area contributed by atoms with Crippen LogP contribution in [0.15, 0.2) is 66.9 Å². The van der Waals surface area contributed by atoms with E-state index in [2.05, 4.69) is 26.3 Å². The van der Waals surface area contributed by atoms with Crippen molar-refractivity contribution < 1.29 is 14.0 Å². The zero-order valence-corrected chi connectivity index (χ0v) is 15.7. The molecule has 0 unspecified atom stereocenters. The van der Waals surface area contributed by atoms with Gasteiger partial charge in [-0.2, -0.15) is 0 Å². The Morgan fingerprint density at radius 2 is 1.69 bits per heavy atom. The Bertz CT molecular complexity index is 994. The Morgan fingerprint density at radius 3 is 2.38 bits per heavy atom. The van der Waals surface area contributed by atoms with Gasteiger partial charge in [0, 0.05) is 30.2 Å². The van der Waals surface area contributed by atoms with Crippen LogP contribution in [0.25, 0.3) is 0 Å². The van der Waals surface area contributed by atoms with Crippen LogP contribution in [0.3, 0.4) is 0 Å². The summed E-state index contributed by atoms with van der Waals surface area (Å²) in [6.07, 6.45) is 1.37. The Labute approximate surface area is 167 Å². The predicted molar refractivity (Wildman–Crippen MR) is 111 cm³/mol. The van der Waals surface area contributed by atoms with Crippen LogP contribution < -0.4 is 21.3 Å². The van der Waals surface area contributed by atoms with Crippen LogP contribution >= 0.6 is 0 Å². The van der Waals surface area contributed by atoms with Crippen LogP contribution in [-0.4, -0.2) is 23.5 Å². The summed E-state index contributed by atoms with van der Waals surface area (Å²) < 4.78 is 13.1. The first kappa shape index (κ1) is 19.8. The van der Waals surface area contributed by atoms with Gasteiger partial charge < -0.3 is 16.0 Å². The minimum Gasteiger partial charge on any atom is -0.355 e. The van der Waals surface area contributed by atoms with Crippen LogP contribution in [0.2, 0.25) is 0 Å².